The molecular weight excluding hydrogens is 230 g/mol. The Morgan fingerprint density at radius 3 is 2.68 bits per heavy atom. The number of rotatable bonds is 1. The van der Waals surface area contributed by atoms with Gasteiger partial charge in [0.1, 0.15) is 7.05 Å². The summed E-state index contributed by atoms with van der Waals surface area (Å²) in [6.45, 7) is 2.22. The van der Waals surface area contributed by atoms with Crippen LogP contribution in [0.15, 0.2) is 36.5 Å². The van der Waals surface area contributed by atoms with Crippen molar-refractivity contribution in [1.82, 2.24) is 0 Å². The van der Waals surface area contributed by atoms with Crippen molar-refractivity contribution in [2.45, 2.75) is 38.0 Å². The van der Waals surface area contributed by atoms with E-state index in [-0.39, 0.29) is 0 Å². The Kier molecular flexibility index (Phi) is 2.32. The second-order valence-electron chi connectivity index (χ2n) is 6.17. The average molecular weight is 250 g/mol. The van der Waals surface area contributed by atoms with E-state index in [1.165, 1.54) is 36.1 Å². The number of pyridine rings is 1. The maximum Gasteiger partial charge on any atom is 0.216 e. The first-order valence-electron chi connectivity index (χ1n) is 7.34. The van der Waals surface area contributed by atoms with Crippen LogP contribution in [0.3, 0.4) is 0 Å². The highest BCUT2D eigenvalue weighted by Crippen LogP contribution is 2.54. The number of benzene rings is 1. The minimum absolute atomic E-state index is 0.807. The van der Waals surface area contributed by atoms with E-state index in [4.69, 9.17) is 0 Å². The molecule has 1 saturated carbocycles. The highest BCUT2D eigenvalue weighted by atomic mass is 14.9. The van der Waals surface area contributed by atoms with Crippen LogP contribution in [-0.4, -0.2) is 0 Å². The second-order valence-corrected chi connectivity index (χ2v) is 6.17. The second kappa shape index (κ2) is 3.93. The van der Waals surface area contributed by atoms with Gasteiger partial charge in [-0.05, 0) is 55.2 Å². The average Bonchev–Trinajstić information content (AvgIpc) is 3.01. The Hall–Kier alpha value is -1.63. The highest BCUT2D eigenvalue weighted by molar-refractivity contribution is 5.67. The third-order valence-corrected chi connectivity index (χ3v) is 5.08. The summed E-state index contributed by atoms with van der Waals surface area (Å²) < 4.78 is 2.32. The molecule has 1 fully saturated rings. The van der Waals surface area contributed by atoms with Crippen molar-refractivity contribution >= 4 is 0 Å². The van der Waals surface area contributed by atoms with E-state index in [2.05, 4.69) is 55.1 Å². The molecule has 2 aliphatic carbocycles. The maximum atomic E-state index is 2.36. The van der Waals surface area contributed by atoms with E-state index < -0.39 is 0 Å². The van der Waals surface area contributed by atoms with Gasteiger partial charge < -0.3 is 0 Å². The molecule has 0 radical (unpaired) electrons. The zero-order valence-electron chi connectivity index (χ0n) is 11.7. The summed E-state index contributed by atoms with van der Waals surface area (Å²) in [4.78, 5) is 0. The summed E-state index contributed by atoms with van der Waals surface area (Å²) in [5.41, 5.74) is 7.54. The van der Waals surface area contributed by atoms with Crippen LogP contribution in [-0.2, 0) is 7.05 Å². The lowest BCUT2D eigenvalue weighted by Crippen LogP contribution is -2.33. The van der Waals surface area contributed by atoms with Crippen LogP contribution in [0.1, 0.15) is 47.8 Å². The molecule has 0 amide bonds. The first kappa shape index (κ1) is 11.2. The fraction of sp³-hybridized carbons (Fsp3) is 0.389. The van der Waals surface area contributed by atoms with Crippen LogP contribution in [0.4, 0.5) is 0 Å². The molecule has 2 unspecified atom stereocenters. The van der Waals surface area contributed by atoms with Gasteiger partial charge in [0, 0.05) is 17.2 Å². The molecule has 0 saturated heterocycles. The largest absolute Gasteiger partial charge is 0.216 e. The Labute approximate surface area is 114 Å². The van der Waals surface area contributed by atoms with Crippen LogP contribution < -0.4 is 4.57 Å². The van der Waals surface area contributed by atoms with Gasteiger partial charge in [0.15, 0.2) is 6.20 Å². The summed E-state index contributed by atoms with van der Waals surface area (Å²) in [5, 5.41) is 0. The van der Waals surface area contributed by atoms with Crippen LogP contribution in [0.5, 0.6) is 0 Å². The number of nitrogens with zero attached hydrogens (tertiary/aromatic N) is 1. The van der Waals surface area contributed by atoms with Crippen molar-refractivity contribution in [3.63, 3.8) is 0 Å². The van der Waals surface area contributed by atoms with Gasteiger partial charge in [-0.2, -0.15) is 0 Å². The van der Waals surface area contributed by atoms with Crippen molar-refractivity contribution in [3.8, 4) is 11.3 Å². The van der Waals surface area contributed by atoms with Gasteiger partial charge in [-0.1, -0.05) is 18.2 Å². The molecule has 4 rings (SSSR count). The van der Waals surface area contributed by atoms with Gasteiger partial charge in [-0.25, -0.2) is 4.57 Å². The van der Waals surface area contributed by atoms with E-state index in [0.717, 1.165) is 11.8 Å². The molecule has 1 nitrogen and oxygen atoms in total. The number of aryl methyl sites for hydroxylation is 2. The lowest BCUT2D eigenvalue weighted by atomic mass is 9.88. The van der Waals surface area contributed by atoms with E-state index in [9.17, 15) is 0 Å². The predicted octanol–water partition coefficient (Wildman–Crippen LogP) is 3.85. The standard InChI is InChI=1S/C18H20N/c1-12-5-3-4-6-15(12)18-17-14-8-7-13(11-14)16(17)9-10-19(18)2/h3-6,9-10,13-14H,7-8,11H2,1-2H3/q+1. The number of aromatic nitrogens is 1. The van der Waals surface area contributed by atoms with Crippen molar-refractivity contribution in [1.29, 1.82) is 0 Å². The molecule has 1 heterocycles. The number of hydrogen-bond donors (Lipinski definition) is 0. The third kappa shape index (κ3) is 1.51. The first-order valence-corrected chi connectivity index (χ1v) is 7.34. The molecule has 2 atom stereocenters. The molecule has 2 bridgehead atoms. The summed E-state index contributed by atoms with van der Waals surface area (Å²) in [7, 11) is 2.19. The van der Waals surface area contributed by atoms with Gasteiger partial charge in [0.05, 0.1) is 0 Å². The molecule has 1 aromatic heterocycles. The molecule has 1 aromatic carbocycles. The predicted molar refractivity (Wildman–Crippen MR) is 77.1 cm³/mol. The molecule has 0 spiro atoms. The number of hydrogen-bond acceptors (Lipinski definition) is 0. The molecule has 19 heavy (non-hydrogen) atoms. The van der Waals surface area contributed by atoms with Gasteiger partial charge in [-0.15, -0.1) is 0 Å². The Balaban J connectivity index is 2.01. The van der Waals surface area contributed by atoms with Crippen molar-refractivity contribution < 1.29 is 4.57 Å². The van der Waals surface area contributed by atoms with Gasteiger partial charge in [0.25, 0.3) is 0 Å². The fourth-order valence-corrected chi connectivity index (χ4v) is 4.17. The third-order valence-electron chi connectivity index (χ3n) is 5.08. The zero-order chi connectivity index (χ0) is 13.0. The lowest BCUT2D eigenvalue weighted by molar-refractivity contribution is -0.660. The normalized spacial score (nSPS) is 23.7. The Morgan fingerprint density at radius 1 is 1.05 bits per heavy atom. The van der Waals surface area contributed by atoms with Gasteiger partial charge in [-0.3, -0.25) is 0 Å². The van der Waals surface area contributed by atoms with Crippen LogP contribution in [0, 0.1) is 6.92 Å². The molecule has 0 N–H and O–H groups in total. The van der Waals surface area contributed by atoms with E-state index in [1.54, 1.807) is 11.1 Å². The molecule has 1 heteroatoms. The molecule has 2 aromatic rings. The van der Waals surface area contributed by atoms with Crippen LogP contribution in [0.25, 0.3) is 11.3 Å². The summed E-state index contributed by atoms with van der Waals surface area (Å²) in [6.07, 6.45) is 6.43. The fourth-order valence-electron chi connectivity index (χ4n) is 4.17. The topological polar surface area (TPSA) is 3.88 Å². The summed E-state index contributed by atoms with van der Waals surface area (Å²) >= 11 is 0. The Morgan fingerprint density at radius 2 is 1.84 bits per heavy atom. The highest BCUT2D eigenvalue weighted by Gasteiger charge is 2.41. The van der Waals surface area contributed by atoms with Crippen molar-refractivity contribution in [2.75, 3.05) is 0 Å². The van der Waals surface area contributed by atoms with Crippen molar-refractivity contribution in [3.05, 3.63) is 53.2 Å². The minimum Gasteiger partial charge on any atom is -0.201 e. The van der Waals surface area contributed by atoms with Crippen LogP contribution in [0.2, 0.25) is 0 Å². The summed E-state index contributed by atoms with van der Waals surface area (Å²) in [6, 6.07) is 11.2. The minimum atomic E-state index is 0.807. The van der Waals surface area contributed by atoms with E-state index in [0.29, 0.717) is 0 Å². The molecular formula is C18H20N+. The smallest absolute Gasteiger partial charge is 0.201 e. The van der Waals surface area contributed by atoms with Crippen LogP contribution >= 0.6 is 0 Å². The zero-order valence-corrected chi connectivity index (χ0v) is 11.7. The molecule has 0 aliphatic heterocycles. The maximum absolute atomic E-state index is 2.36. The van der Waals surface area contributed by atoms with Crippen molar-refractivity contribution in [2.24, 2.45) is 7.05 Å². The molecule has 2 aliphatic rings. The SMILES string of the molecule is Cc1ccccc1-c1c2c(cc[n+]1C)C1CCC2C1. The lowest BCUT2D eigenvalue weighted by Gasteiger charge is -2.17. The van der Waals surface area contributed by atoms with Gasteiger partial charge >= 0.3 is 0 Å². The number of fused-ring (bicyclic) bond motifs is 5. The first-order chi connectivity index (χ1) is 9.25. The monoisotopic (exact) mass is 250 g/mol. The van der Waals surface area contributed by atoms with E-state index in [1.807, 2.05) is 0 Å². The van der Waals surface area contributed by atoms with Gasteiger partial charge in [0.2, 0.25) is 5.69 Å². The quantitative estimate of drug-likeness (QED) is 0.677. The molecule has 96 valence electrons. The summed E-state index contributed by atoms with van der Waals surface area (Å²) in [5.74, 6) is 1.64. The Bertz CT molecular complexity index is 657. The van der Waals surface area contributed by atoms with E-state index >= 15 is 0 Å².